The van der Waals surface area contributed by atoms with Crippen LogP contribution in [0.25, 0.3) is 0 Å². The second-order valence-corrected chi connectivity index (χ2v) is 14.1. The zero-order valence-corrected chi connectivity index (χ0v) is 25.7. The van der Waals surface area contributed by atoms with E-state index in [1.807, 2.05) is 30.3 Å². The number of halogens is 1. The number of amides is 3. The van der Waals surface area contributed by atoms with Gasteiger partial charge in [-0.25, -0.2) is 0 Å². The molecular formula is C33H38ClN3O4S. The lowest BCUT2D eigenvalue weighted by molar-refractivity contribution is -0.145. The smallest absolute Gasteiger partial charge is 0.251 e. The molecule has 3 amide bonds. The van der Waals surface area contributed by atoms with Gasteiger partial charge in [0.05, 0.1) is 29.2 Å². The first-order chi connectivity index (χ1) is 20.1. The van der Waals surface area contributed by atoms with Gasteiger partial charge in [0.15, 0.2) is 0 Å². The number of likely N-dealkylation sites (tertiary alicyclic amines) is 1. The quantitative estimate of drug-likeness (QED) is 0.378. The maximum Gasteiger partial charge on any atom is 0.251 e. The summed E-state index contributed by atoms with van der Waals surface area (Å²) in [6.07, 6.45) is 5.05. The van der Waals surface area contributed by atoms with Crippen LogP contribution in [0.1, 0.15) is 25.3 Å². The van der Waals surface area contributed by atoms with Gasteiger partial charge in [0.25, 0.3) is 5.91 Å². The highest BCUT2D eigenvalue weighted by molar-refractivity contribution is 8.02. The molecule has 9 heteroatoms. The molecule has 6 atom stereocenters. The van der Waals surface area contributed by atoms with Crippen molar-refractivity contribution < 1.29 is 19.5 Å². The molecule has 3 aliphatic heterocycles. The topological polar surface area (TPSA) is 81.2 Å². The fraction of sp³-hybridized carbons (Fsp3) is 0.424. The Morgan fingerprint density at radius 1 is 1.10 bits per heavy atom. The molecule has 3 fully saturated rings. The van der Waals surface area contributed by atoms with E-state index in [4.69, 9.17) is 11.6 Å². The van der Waals surface area contributed by atoms with E-state index in [0.29, 0.717) is 36.5 Å². The standard InChI is InChI=1S/C33H38ClN3O4S/c1-5-18-35(4)29(39)26-27-30(40)37(25(21-38)20-22-10-8-7-9-11-22)28(33(27)17-16-32(26,3)42-33)31(41)36(19-6-2)24-14-12-23(34)13-15-24/h5-15,25-28,38H,1-2,16-21H2,3-4H3/t25-,26+,27+,28?,32-,33?/m1/s1. The Kier molecular flexibility index (Phi) is 8.61. The van der Waals surface area contributed by atoms with Crippen molar-refractivity contribution in [2.24, 2.45) is 11.8 Å². The molecule has 222 valence electrons. The van der Waals surface area contributed by atoms with Crippen molar-refractivity contribution in [3.05, 3.63) is 90.5 Å². The number of hydrogen-bond donors (Lipinski definition) is 1. The molecule has 0 aromatic heterocycles. The third-order valence-electron chi connectivity index (χ3n) is 9.13. The molecule has 5 rings (SSSR count). The molecule has 0 saturated carbocycles. The molecule has 3 aliphatic rings. The van der Waals surface area contributed by atoms with Crippen LogP contribution in [0.15, 0.2) is 79.9 Å². The number of hydrogen-bond acceptors (Lipinski definition) is 5. The lowest BCUT2D eigenvalue weighted by atomic mass is 9.66. The predicted molar refractivity (Wildman–Crippen MR) is 168 cm³/mol. The summed E-state index contributed by atoms with van der Waals surface area (Å²) in [5, 5.41) is 11.3. The van der Waals surface area contributed by atoms with Crippen molar-refractivity contribution in [3.63, 3.8) is 0 Å². The third kappa shape index (κ3) is 4.97. The second-order valence-electron chi connectivity index (χ2n) is 11.7. The van der Waals surface area contributed by atoms with Gasteiger partial charge in [-0.05, 0) is 56.0 Å². The van der Waals surface area contributed by atoms with Gasteiger partial charge < -0.3 is 19.8 Å². The summed E-state index contributed by atoms with van der Waals surface area (Å²) in [6.45, 7) is 10.0. The van der Waals surface area contributed by atoms with Crippen LogP contribution in [0.5, 0.6) is 0 Å². The van der Waals surface area contributed by atoms with Gasteiger partial charge in [0.1, 0.15) is 6.04 Å². The van der Waals surface area contributed by atoms with Crippen LogP contribution in [-0.4, -0.2) is 80.9 Å². The van der Waals surface area contributed by atoms with Crippen molar-refractivity contribution >= 4 is 46.8 Å². The van der Waals surface area contributed by atoms with Crippen LogP contribution < -0.4 is 4.90 Å². The molecule has 3 saturated heterocycles. The molecular weight excluding hydrogens is 570 g/mol. The Morgan fingerprint density at radius 2 is 1.76 bits per heavy atom. The highest BCUT2D eigenvalue weighted by atomic mass is 35.5. The van der Waals surface area contributed by atoms with E-state index in [1.165, 1.54) is 0 Å². The van der Waals surface area contributed by atoms with Crippen LogP contribution in [0.4, 0.5) is 5.69 Å². The normalized spacial score (nSPS) is 28.3. The van der Waals surface area contributed by atoms with E-state index in [0.717, 1.165) is 5.56 Å². The van der Waals surface area contributed by atoms with Crippen LogP contribution in [0.2, 0.25) is 5.02 Å². The Bertz CT molecular complexity index is 1370. The molecule has 42 heavy (non-hydrogen) atoms. The number of rotatable bonds is 11. The van der Waals surface area contributed by atoms with Crippen LogP contribution >= 0.6 is 23.4 Å². The maximum absolute atomic E-state index is 14.8. The molecule has 0 aliphatic carbocycles. The average Bonchev–Trinajstić information content (AvgIpc) is 3.55. The van der Waals surface area contributed by atoms with Gasteiger partial charge >= 0.3 is 0 Å². The van der Waals surface area contributed by atoms with Crippen LogP contribution in [-0.2, 0) is 20.8 Å². The number of anilines is 1. The average molecular weight is 608 g/mol. The van der Waals surface area contributed by atoms with Gasteiger partial charge in [0.2, 0.25) is 11.8 Å². The van der Waals surface area contributed by atoms with Crippen LogP contribution in [0, 0.1) is 11.8 Å². The number of aliphatic hydroxyl groups is 1. The predicted octanol–water partition coefficient (Wildman–Crippen LogP) is 4.59. The minimum absolute atomic E-state index is 0.109. The molecule has 2 bridgehead atoms. The molecule has 2 aromatic rings. The Labute approximate surface area is 257 Å². The zero-order chi connectivity index (χ0) is 30.2. The highest BCUT2D eigenvalue weighted by Crippen LogP contribution is 2.72. The minimum Gasteiger partial charge on any atom is -0.394 e. The Balaban J connectivity index is 1.63. The van der Waals surface area contributed by atoms with Gasteiger partial charge in [0, 0.05) is 35.6 Å². The van der Waals surface area contributed by atoms with Crippen LogP contribution in [0.3, 0.4) is 0 Å². The molecule has 2 unspecified atom stereocenters. The van der Waals surface area contributed by atoms with Gasteiger partial charge in [-0.1, -0.05) is 54.1 Å². The number of benzene rings is 2. The number of nitrogens with zero attached hydrogens (tertiary/aromatic N) is 3. The van der Waals surface area contributed by atoms with Crippen molar-refractivity contribution in [2.75, 3.05) is 31.6 Å². The molecule has 1 N–H and O–H groups in total. The summed E-state index contributed by atoms with van der Waals surface area (Å²) in [6, 6.07) is 15.2. The third-order valence-corrected chi connectivity index (χ3v) is 11.4. The zero-order valence-electron chi connectivity index (χ0n) is 24.1. The van der Waals surface area contributed by atoms with E-state index in [1.54, 1.807) is 69.9 Å². The van der Waals surface area contributed by atoms with Crippen molar-refractivity contribution in [3.8, 4) is 0 Å². The summed E-state index contributed by atoms with van der Waals surface area (Å²) in [7, 11) is 1.73. The Morgan fingerprint density at radius 3 is 2.38 bits per heavy atom. The first-order valence-corrected chi connectivity index (χ1v) is 15.5. The lowest BCUT2D eigenvalue weighted by Gasteiger charge is -2.39. The number of carbonyl (C=O) groups is 3. The molecule has 1 spiro atoms. The number of likely N-dealkylation sites (N-methyl/N-ethyl adjacent to an activating group) is 1. The minimum atomic E-state index is -0.874. The van der Waals surface area contributed by atoms with Gasteiger partial charge in [-0.2, -0.15) is 0 Å². The largest absolute Gasteiger partial charge is 0.394 e. The number of fused-ring (bicyclic) bond motifs is 1. The van der Waals surface area contributed by atoms with Gasteiger partial charge in [-0.15, -0.1) is 24.9 Å². The van der Waals surface area contributed by atoms with E-state index < -0.39 is 33.4 Å². The fourth-order valence-electron chi connectivity index (χ4n) is 7.29. The molecule has 7 nitrogen and oxygen atoms in total. The summed E-state index contributed by atoms with van der Waals surface area (Å²) in [5.41, 5.74) is 1.59. The first-order valence-electron chi connectivity index (χ1n) is 14.3. The number of thioether (sulfide) groups is 1. The monoisotopic (exact) mass is 607 g/mol. The van der Waals surface area contributed by atoms with E-state index in [9.17, 15) is 19.5 Å². The molecule has 3 heterocycles. The van der Waals surface area contributed by atoms with Crippen molar-refractivity contribution in [1.82, 2.24) is 9.80 Å². The summed E-state index contributed by atoms with van der Waals surface area (Å²) >= 11 is 7.79. The Hall–Kier alpha value is -3.07. The number of carbonyl (C=O) groups excluding carboxylic acids is 3. The van der Waals surface area contributed by atoms with Crippen molar-refractivity contribution in [1.29, 1.82) is 0 Å². The SMILES string of the molecule is C=CCN(C)C(=O)[C@@H]1[C@H]2C(=O)N([C@@H](CO)Cc3ccccc3)C(C(=O)N(CC=C)c3ccc(Cl)cc3)C23CC[C@@]1(C)S3. The fourth-order valence-corrected chi connectivity index (χ4v) is 9.75. The molecule has 0 radical (unpaired) electrons. The second kappa shape index (κ2) is 11.9. The van der Waals surface area contributed by atoms with Gasteiger partial charge in [-0.3, -0.25) is 14.4 Å². The highest BCUT2D eigenvalue weighted by Gasteiger charge is 2.78. The van der Waals surface area contributed by atoms with Crippen molar-refractivity contribution in [2.45, 2.75) is 47.8 Å². The van der Waals surface area contributed by atoms with E-state index >= 15 is 0 Å². The maximum atomic E-state index is 14.8. The summed E-state index contributed by atoms with van der Waals surface area (Å²) < 4.78 is -1.30. The molecule has 2 aromatic carbocycles. The summed E-state index contributed by atoms with van der Waals surface area (Å²) in [5.74, 6) is -1.87. The van der Waals surface area contributed by atoms with E-state index in [2.05, 4.69) is 20.1 Å². The number of aliphatic hydroxyl groups excluding tert-OH is 1. The lowest BCUT2D eigenvalue weighted by Crippen LogP contribution is -2.58. The first kappa shape index (κ1) is 30.4. The summed E-state index contributed by atoms with van der Waals surface area (Å²) in [4.78, 5) is 48.3. The van der Waals surface area contributed by atoms with E-state index in [-0.39, 0.29) is 30.9 Å².